The lowest BCUT2D eigenvalue weighted by Crippen LogP contribution is -2.29. The summed E-state index contributed by atoms with van der Waals surface area (Å²) >= 11 is 1.62. The molecule has 0 saturated heterocycles. The monoisotopic (exact) mass is 288 g/mol. The highest BCUT2D eigenvalue weighted by Gasteiger charge is 2.20. The molecule has 0 bridgehead atoms. The minimum atomic E-state index is -3.42. The summed E-state index contributed by atoms with van der Waals surface area (Å²) in [7, 11) is -1.83. The summed E-state index contributed by atoms with van der Waals surface area (Å²) in [5, 5.41) is 0. The number of rotatable bonds is 6. The molecule has 0 amide bonds. The van der Waals surface area contributed by atoms with Crippen LogP contribution < -0.4 is 5.73 Å². The second kappa shape index (κ2) is 6.45. The predicted molar refractivity (Wildman–Crippen MR) is 78.4 cm³/mol. The molecule has 0 heterocycles. The summed E-state index contributed by atoms with van der Waals surface area (Å²) in [4.78, 5) is 0.265. The molecule has 0 radical (unpaired) electrons. The van der Waals surface area contributed by atoms with E-state index < -0.39 is 10.0 Å². The second-order valence-corrected chi connectivity index (χ2v) is 7.06. The van der Waals surface area contributed by atoms with Crippen LogP contribution in [-0.4, -0.2) is 38.3 Å². The first-order valence-electron chi connectivity index (χ1n) is 5.77. The van der Waals surface area contributed by atoms with Gasteiger partial charge in [-0.25, -0.2) is 12.7 Å². The van der Waals surface area contributed by atoms with Crippen LogP contribution in [0.5, 0.6) is 0 Å². The Morgan fingerprint density at radius 1 is 1.39 bits per heavy atom. The highest BCUT2D eigenvalue weighted by molar-refractivity contribution is 7.98. The maximum absolute atomic E-state index is 12.3. The molecule has 18 heavy (non-hydrogen) atoms. The Morgan fingerprint density at radius 3 is 2.56 bits per heavy atom. The van der Waals surface area contributed by atoms with Crippen LogP contribution >= 0.6 is 11.8 Å². The lowest BCUT2D eigenvalue weighted by molar-refractivity contribution is 0.488. The van der Waals surface area contributed by atoms with Gasteiger partial charge in [0.25, 0.3) is 0 Å². The molecular formula is C12H20N2O2S2. The van der Waals surface area contributed by atoms with Crippen LogP contribution in [0.25, 0.3) is 0 Å². The number of hydrogen-bond acceptors (Lipinski definition) is 4. The van der Waals surface area contributed by atoms with Gasteiger partial charge in [-0.05, 0) is 30.4 Å². The smallest absolute Gasteiger partial charge is 0.242 e. The van der Waals surface area contributed by atoms with Crippen LogP contribution in [0.4, 0.5) is 5.69 Å². The van der Waals surface area contributed by atoms with Gasteiger partial charge in [0.05, 0.1) is 4.90 Å². The van der Waals surface area contributed by atoms with Gasteiger partial charge in [-0.2, -0.15) is 11.8 Å². The first-order chi connectivity index (χ1) is 8.43. The average molecular weight is 288 g/mol. The Balaban J connectivity index is 3.01. The van der Waals surface area contributed by atoms with E-state index in [0.717, 1.165) is 17.7 Å². The Morgan fingerprint density at radius 2 is 2.06 bits per heavy atom. The van der Waals surface area contributed by atoms with Gasteiger partial charge in [0, 0.05) is 25.0 Å². The van der Waals surface area contributed by atoms with Crippen LogP contribution in [0.2, 0.25) is 0 Å². The molecule has 0 unspecified atom stereocenters. The zero-order valence-corrected chi connectivity index (χ0v) is 12.6. The fourth-order valence-electron chi connectivity index (χ4n) is 1.58. The van der Waals surface area contributed by atoms with E-state index in [1.165, 1.54) is 4.31 Å². The summed E-state index contributed by atoms with van der Waals surface area (Å²) in [6.45, 7) is 2.49. The number of anilines is 1. The molecule has 2 N–H and O–H groups in total. The molecule has 102 valence electrons. The van der Waals surface area contributed by atoms with Crippen molar-refractivity contribution < 1.29 is 8.42 Å². The maximum atomic E-state index is 12.3. The third-order valence-corrected chi connectivity index (χ3v) is 5.26. The third kappa shape index (κ3) is 3.40. The first-order valence-corrected chi connectivity index (χ1v) is 8.60. The molecular weight excluding hydrogens is 268 g/mol. The van der Waals surface area contributed by atoms with Crippen molar-refractivity contribution in [3.8, 4) is 0 Å². The lowest BCUT2D eigenvalue weighted by Gasteiger charge is -2.17. The van der Waals surface area contributed by atoms with Gasteiger partial charge < -0.3 is 5.73 Å². The summed E-state index contributed by atoms with van der Waals surface area (Å²) in [5.41, 5.74) is 7.35. The van der Waals surface area contributed by atoms with E-state index in [-0.39, 0.29) is 4.90 Å². The molecule has 0 aliphatic heterocycles. The molecule has 4 nitrogen and oxygen atoms in total. The van der Waals surface area contributed by atoms with E-state index in [4.69, 9.17) is 5.73 Å². The molecule has 0 fully saturated rings. The van der Waals surface area contributed by atoms with Crippen molar-refractivity contribution in [2.75, 3.05) is 31.3 Å². The molecule has 0 aromatic heterocycles. The van der Waals surface area contributed by atoms with E-state index >= 15 is 0 Å². The minimum Gasteiger partial charge on any atom is -0.398 e. The average Bonchev–Trinajstić information content (AvgIpc) is 2.35. The van der Waals surface area contributed by atoms with E-state index in [0.29, 0.717) is 12.2 Å². The Kier molecular flexibility index (Phi) is 5.49. The number of nitrogen functional groups attached to an aromatic ring is 1. The van der Waals surface area contributed by atoms with E-state index in [1.54, 1.807) is 37.0 Å². The summed E-state index contributed by atoms with van der Waals surface area (Å²) < 4.78 is 25.9. The third-order valence-electron chi connectivity index (χ3n) is 2.82. The topological polar surface area (TPSA) is 63.4 Å². The van der Waals surface area contributed by atoms with Crippen LogP contribution in [0.3, 0.4) is 0 Å². The zero-order valence-electron chi connectivity index (χ0n) is 11.0. The van der Waals surface area contributed by atoms with Crippen LogP contribution in [0, 0.1) is 0 Å². The maximum Gasteiger partial charge on any atom is 0.242 e. The van der Waals surface area contributed by atoms with Gasteiger partial charge in [-0.15, -0.1) is 0 Å². The van der Waals surface area contributed by atoms with E-state index in [1.807, 2.05) is 13.2 Å². The summed E-state index contributed by atoms with van der Waals surface area (Å²) in [5.74, 6) is 0.776. The van der Waals surface area contributed by atoms with Gasteiger partial charge in [-0.3, -0.25) is 0 Å². The number of benzene rings is 1. The SMILES string of the molecule is CCc1ccc(S(=O)(=O)N(C)CCSC)cc1N. The second-order valence-electron chi connectivity index (χ2n) is 4.03. The highest BCUT2D eigenvalue weighted by atomic mass is 32.2. The van der Waals surface area contributed by atoms with Crippen LogP contribution in [0.1, 0.15) is 12.5 Å². The van der Waals surface area contributed by atoms with Gasteiger partial charge >= 0.3 is 0 Å². The molecule has 1 aromatic rings. The number of thioether (sulfide) groups is 1. The van der Waals surface area contributed by atoms with Gasteiger partial charge in [0.2, 0.25) is 10.0 Å². The Hall–Kier alpha value is -0.720. The number of nitrogens with zero attached hydrogens (tertiary/aromatic N) is 1. The normalized spacial score (nSPS) is 12.0. The minimum absolute atomic E-state index is 0.265. The van der Waals surface area contributed by atoms with Crippen molar-refractivity contribution in [3.05, 3.63) is 23.8 Å². The Bertz CT molecular complexity index is 501. The quantitative estimate of drug-likeness (QED) is 0.811. The number of sulfonamides is 1. The molecule has 0 atom stereocenters. The fraction of sp³-hybridized carbons (Fsp3) is 0.500. The van der Waals surface area contributed by atoms with Crippen LogP contribution in [0.15, 0.2) is 23.1 Å². The fourth-order valence-corrected chi connectivity index (χ4v) is 3.35. The lowest BCUT2D eigenvalue weighted by atomic mass is 10.1. The van der Waals surface area contributed by atoms with Crippen molar-refractivity contribution in [1.82, 2.24) is 4.31 Å². The largest absolute Gasteiger partial charge is 0.398 e. The van der Waals surface area contributed by atoms with Crippen LogP contribution in [-0.2, 0) is 16.4 Å². The molecule has 0 spiro atoms. The number of aryl methyl sites for hydroxylation is 1. The van der Waals surface area contributed by atoms with Crippen molar-refractivity contribution in [2.45, 2.75) is 18.2 Å². The summed E-state index contributed by atoms with van der Waals surface area (Å²) in [6.07, 6.45) is 2.75. The van der Waals surface area contributed by atoms with Crippen molar-refractivity contribution in [1.29, 1.82) is 0 Å². The molecule has 0 saturated carbocycles. The van der Waals surface area contributed by atoms with E-state index in [2.05, 4.69) is 0 Å². The highest BCUT2D eigenvalue weighted by Crippen LogP contribution is 2.21. The number of nitrogens with two attached hydrogens (primary N) is 1. The molecule has 0 aliphatic carbocycles. The zero-order chi connectivity index (χ0) is 13.8. The molecule has 0 aliphatic rings. The van der Waals surface area contributed by atoms with Gasteiger partial charge in [0.1, 0.15) is 0 Å². The first kappa shape index (κ1) is 15.3. The van der Waals surface area contributed by atoms with Crippen molar-refractivity contribution >= 4 is 27.5 Å². The van der Waals surface area contributed by atoms with Crippen molar-refractivity contribution in [3.63, 3.8) is 0 Å². The molecule has 1 aromatic carbocycles. The van der Waals surface area contributed by atoms with Gasteiger partial charge in [0.15, 0.2) is 0 Å². The number of hydrogen-bond donors (Lipinski definition) is 1. The molecule has 6 heteroatoms. The van der Waals surface area contributed by atoms with Crippen molar-refractivity contribution in [2.24, 2.45) is 0 Å². The Labute approximate surface area is 114 Å². The van der Waals surface area contributed by atoms with Gasteiger partial charge in [-0.1, -0.05) is 13.0 Å². The molecule has 1 rings (SSSR count). The standard InChI is InChI=1S/C12H20N2O2S2/c1-4-10-5-6-11(9-12(10)13)18(15,16)14(2)7-8-17-3/h5-6,9H,4,7-8,13H2,1-3H3. The predicted octanol–water partition coefficient (Wildman–Crippen LogP) is 1.81. The summed E-state index contributed by atoms with van der Waals surface area (Å²) in [6, 6.07) is 4.95. The van der Waals surface area contributed by atoms with E-state index in [9.17, 15) is 8.42 Å².